The number of amides is 1. The largest absolute Gasteiger partial charge is 0.493 e. The molecule has 10 heteroatoms. The molecule has 1 aliphatic heterocycles. The van der Waals surface area contributed by atoms with E-state index in [2.05, 4.69) is 10.3 Å². The van der Waals surface area contributed by atoms with E-state index in [1.165, 1.54) is 20.3 Å². The second-order valence-electron chi connectivity index (χ2n) is 6.09. The third-order valence-electron chi connectivity index (χ3n) is 4.45. The van der Waals surface area contributed by atoms with Gasteiger partial charge in [0.2, 0.25) is 11.7 Å². The lowest BCUT2D eigenvalue weighted by molar-refractivity contribution is -0.147. The minimum absolute atomic E-state index is 0.0106. The van der Waals surface area contributed by atoms with Gasteiger partial charge < -0.3 is 19.4 Å². The first-order valence-corrected chi connectivity index (χ1v) is 8.08. The van der Waals surface area contributed by atoms with Gasteiger partial charge in [-0.3, -0.25) is 4.79 Å². The van der Waals surface area contributed by atoms with Crippen LogP contribution in [-0.2, 0) is 23.9 Å². The predicted octanol–water partition coefficient (Wildman–Crippen LogP) is 3.26. The summed E-state index contributed by atoms with van der Waals surface area (Å²) in [6.45, 7) is 0.0106. The number of halogens is 4. The number of rotatable bonds is 4. The fourth-order valence-corrected chi connectivity index (χ4v) is 3.10. The molecule has 146 valence electrons. The lowest BCUT2D eigenvalue weighted by atomic mass is 9.95. The number of alkyl halides is 3. The van der Waals surface area contributed by atoms with E-state index < -0.39 is 29.6 Å². The number of nitrogens with one attached hydrogen (secondary N) is 1. The molecule has 27 heavy (non-hydrogen) atoms. The Morgan fingerprint density at radius 3 is 2.56 bits per heavy atom. The number of hydrogen-bond acceptors (Lipinski definition) is 4. The molecule has 0 unspecified atom stereocenters. The molecule has 0 saturated heterocycles. The third-order valence-corrected chi connectivity index (χ3v) is 4.45. The maximum absolute atomic E-state index is 14.2. The molecule has 1 aliphatic rings. The first-order chi connectivity index (χ1) is 12.7. The van der Waals surface area contributed by atoms with E-state index in [1.54, 1.807) is 0 Å². The Morgan fingerprint density at radius 2 is 1.93 bits per heavy atom. The first-order valence-electron chi connectivity index (χ1n) is 8.08. The number of hydrogen-bond donors (Lipinski definition) is 1. The number of nitrogens with zero attached hydrogens (tertiary/aromatic N) is 2. The van der Waals surface area contributed by atoms with Crippen LogP contribution >= 0.6 is 0 Å². The molecule has 2 aromatic rings. The van der Waals surface area contributed by atoms with Crippen molar-refractivity contribution in [1.82, 2.24) is 9.55 Å². The summed E-state index contributed by atoms with van der Waals surface area (Å²) in [4.78, 5) is 15.9. The highest BCUT2D eigenvalue weighted by Crippen LogP contribution is 2.34. The lowest BCUT2D eigenvalue weighted by Crippen LogP contribution is -2.31. The molecule has 2 heterocycles. The van der Waals surface area contributed by atoms with Crippen molar-refractivity contribution in [2.24, 2.45) is 5.92 Å². The standard InChI is InChI=1S/C17H17F4N3O3/c1-26-13-6-11(18)12(7-14(13)27-2)23-15(25)9-3-4-24-10(5-9)8-22-16(24)17(19,20)21/h6-9H,3-5H2,1-2H3,(H,23,25)/t9-/m1/s1. The Hall–Kier alpha value is -2.78. The second-order valence-corrected chi connectivity index (χ2v) is 6.09. The highest BCUT2D eigenvalue weighted by Gasteiger charge is 2.39. The van der Waals surface area contributed by atoms with Crippen LogP contribution in [0.4, 0.5) is 23.2 Å². The van der Waals surface area contributed by atoms with Crippen LogP contribution in [0.5, 0.6) is 11.5 Å². The molecule has 1 aromatic heterocycles. The molecule has 1 amide bonds. The summed E-state index contributed by atoms with van der Waals surface area (Å²) >= 11 is 0. The normalized spacial score (nSPS) is 16.6. The molecule has 0 spiro atoms. The fraction of sp³-hybridized carbons (Fsp3) is 0.412. The van der Waals surface area contributed by atoms with Crippen LogP contribution in [0.3, 0.4) is 0 Å². The highest BCUT2D eigenvalue weighted by atomic mass is 19.4. The Kier molecular flexibility index (Phi) is 4.99. The average molecular weight is 387 g/mol. The van der Waals surface area contributed by atoms with E-state index in [0.29, 0.717) is 5.69 Å². The van der Waals surface area contributed by atoms with Gasteiger partial charge in [-0.25, -0.2) is 9.37 Å². The Bertz CT molecular complexity index is 864. The summed E-state index contributed by atoms with van der Waals surface area (Å²) in [5, 5.41) is 2.47. The summed E-state index contributed by atoms with van der Waals surface area (Å²) in [5.74, 6) is -2.34. The molecule has 6 nitrogen and oxygen atoms in total. The van der Waals surface area contributed by atoms with Gasteiger partial charge >= 0.3 is 6.18 Å². The zero-order chi connectivity index (χ0) is 19.8. The Labute approximate surface area is 152 Å². The molecular weight excluding hydrogens is 370 g/mol. The average Bonchev–Trinajstić information content (AvgIpc) is 3.06. The van der Waals surface area contributed by atoms with Crippen LogP contribution in [-0.4, -0.2) is 29.7 Å². The third kappa shape index (κ3) is 3.69. The van der Waals surface area contributed by atoms with Gasteiger partial charge in [-0.15, -0.1) is 0 Å². The van der Waals surface area contributed by atoms with Gasteiger partial charge in [0, 0.05) is 42.9 Å². The predicted molar refractivity (Wildman–Crippen MR) is 87.2 cm³/mol. The minimum atomic E-state index is -4.55. The van der Waals surface area contributed by atoms with E-state index in [4.69, 9.17) is 9.47 Å². The van der Waals surface area contributed by atoms with Gasteiger partial charge in [0.25, 0.3) is 0 Å². The van der Waals surface area contributed by atoms with Crippen LogP contribution in [0, 0.1) is 11.7 Å². The van der Waals surface area contributed by atoms with Crippen molar-refractivity contribution < 1.29 is 31.8 Å². The quantitative estimate of drug-likeness (QED) is 0.818. The fourth-order valence-electron chi connectivity index (χ4n) is 3.10. The summed E-state index contributed by atoms with van der Waals surface area (Å²) < 4.78 is 64.0. The van der Waals surface area contributed by atoms with Crippen LogP contribution in [0.2, 0.25) is 0 Å². The van der Waals surface area contributed by atoms with Gasteiger partial charge in [0.05, 0.1) is 19.9 Å². The van der Waals surface area contributed by atoms with E-state index in [0.717, 1.165) is 16.8 Å². The number of carbonyl (C=O) groups excluding carboxylic acids is 1. The Balaban J connectivity index is 1.76. The van der Waals surface area contributed by atoms with Crippen LogP contribution in [0.1, 0.15) is 17.9 Å². The van der Waals surface area contributed by atoms with Crippen molar-refractivity contribution in [3.8, 4) is 11.5 Å². The number of fused-ring (bicyclic) bond motifs is 1. The van der Waals surface area contributed by atoms with Crippen molar-refractivity contribution in [1.29, 1.82) is 0 Å². The number of anilines is 1. The van der Waals surface area contributed by atoms with Crippen molar-refractivity contribution in [3.05, 3.63) is 35.7 Å². The molecule has 1 N–H and O–H groups in total. The number of aromatic nitrogens is 2. The van der Waals surface area contributed by atoms with E-state index in [1.807, 2.05) is 0 Å². The lowest BCUT2D eigenvalue weighted by Gasteiger charge is -2.24. The number of methoxy groups -OCH3 is 2. The van der Waals surface area contributed by atoms with Crippen LogP contribution in [0.25, 0.3) is 0 Å². The van der Waals surface area contributed by atoms with E-state index in [9.17, 15) is 22.4 Å². The molecule has 0 bridgehead atoms. The highest BCUT2D eigenvalue weighted by molar-refractivity contribution is 5.93. The van der Waals surface area contributed by atoms with Gasteiger partial charge in [0.1, 0.15) is 0 Å². The summed E-state index contributed by atoms with van der Waals surface area (Å²) in [6.07, 6.45) is -3.15. The summed E-state index contributed by atoms with van der Waals surface area (Å²) in [7, 11) is 2.73. The SMILES string of the molecule is COc1cc(F)c(NC(=O)[C@@H]2CCn3c(cnc3C(F)(F)F)C2)cc1OC. The molecule has 1 aromatic carbocycles. The van der Waals surface area contributed by atoms with Crippen molar-refractivity contribution in [2.75, 3.05) is 19.5 Å². The second kappa shape index (κ2) is 7.09. The zero-order valence-corrected chi connectivity index (χ0v) is 14.6. The number of imidazole rings is 1. The van der Waals surface area contributed by atoms with Gasteiger partial charge in [-0.1, -0.05) is 0 Å². The molecule has 1 atom stereocenters. The molecule has 0 saturated carbocycles. The first kappa shape index (κ1) is 19.0. The molecule has 0 radical (unpaired) electrons. The Morgan fingerprint density at radius 1 is 1.26 bits per heavy atom. The maximum Gasteiger partial charge on any atom is 0.449 e. The number of benzene rings is 1. The smallest absolute Gasteiger partial charge is 0.449 e. The molecule has 0 aliphatic carbocycles. The van der Waals surface area contributed by atoms with Crippen LogP contribution in [0.15, 0.2) is 18.3 Å². The van der Waals surface area contributed by atoms with Crippen molar-refractivity contribution >= 4 is 11.6 Å². The molecular formula is C17H17F4N3O3. The maximum atomic E-state index is 14.2. The number of ether oxygens (including phenoxy) is 2. The summed E-state index contributed by atoms with van der Waals surface area (Å²) in [5.41, 5.74) is 0.231. The van der Waals surface area contributed by atoms with E-state index in [-0.39, 0.29) is 36.6 Å². The molecule has 0 fully saturated rings. The minimum Gasteiger partial charge on any atom is -0.493 e. The molecule has 3 rings (SSSR count). The van der Waals surface area contributed by atoms with Gasteiger partial charge in [0.15, 0.2) is 17.3 Å². The zero-order valence-electron chi connectivity index (χ0n) is 14.6. The van der Waals surface area contributed by atoms with Crippen LogP contribution < -0.4 is 14.8 Å². The monoisotopic (exact) mass is 387 g/mol. The van der Waals surface area contributed by atoms with Gasteiger partial charge in [-0.2, -0.15) is 13.2 Å². The topological polar surface area (TPSA) is 65.4 Å². The number of carbonyl (C=O) groups is 1. The van der Waals surface area contributed by atoms with E-state index >= 15 is 0 Å². The van der Waals surface area contributed by atoms with Crippen molar-refractivity contribution in [3.63, 3.8) is 0 Å². The van der Waals surface area contributed by atoms with Crippen molar-refractivity contribution in [2.45, 2.75) is 25.6 Å². The van der Waals surface area contributed by atoms with Gasteiger partial charge in [-0.05, 0) is 6.42 Å². The summed E-state index contributed by atoms with van der Waals surface area (Å²) in [6, 6.07) is 2.38.